The molecule has 0 aromatic rings. The van der Waals surface area contributed by atoms with E-state index < -0.39 is 0 Å². The maximum absolute atomic E-state index is 12.0. The molecule has 2 rings (SSSR count). The van der Waals surface area contributed by atoms with Crippen molar-refractivity contribution >= 4 is 17.7 Å². The molecule has 0 bridgehead atoms. The molecule has 0 spiro atoms. The van der Waals surface area contributed by atoms with Crippen molar-refractivity contribution in [1.29, 1.82) is 0 Å². The van der Waals surface area contributed by atoms with Crippen LogP contribution in [0.4, 0.5) is 0 Å². The summed E-state index contributed by atoms with van der Waals surface area (Å²) in [5, 5.41) is 5.64. The maximum Gasteiger partial charge on any atom is 0.224 e. The van der Waals surface area contributed by atoms with Crippen molar-refractivity contribution in [2.45, 2.75) is 38.6 Å². The van der Waals surface area contributed by atoms with Gasteiger partial charge in [0.05, 0.1) is 0 Å². The zero-order valence-corrected chi connectivity index (χ0v) is 11.3. The van der Waals surface area contributed by atoms with Gasteiger partial charge in [-0.25, -0.2) is 0 Å². The summed E-state index contributed by atoms with van der Waals surface area (Å²) < 4.78 is 0. The first-order valence-electron chi connectivity index (χ1n) is 6.88. The minimum Gasteiger partial charge on any atom is -0.356 e. The molecule has 0 aromatic carbocycles. The normalized spacial score (nSPS) is 26.4. The highest BCUT2D eigenvalue weighted by Gasteiger charge is 2.34. The third kappa shape index (κ3) is 3.68. The second kappa shape index (κ2) is 6.04. The number of carbonyl (C=O) groups is 3. The van der Waals surface area contributed by atoms with Gasteiger partial charge in [0.25, 0.3) is 0 Å². The van der Waals surface area contributed by atoms with Gasteiger partial charge in [-0.15, -0.1) is 0 Å². The van der Waals surface area contributed by atoms with Gasteiger partial charge >= 0.3 is 0 Å². The molecular formula is C13H21N3O3. The highest BCUT2D eigenvalue weighted by atomic mass is 16.2. The number of nitrogens with one attached hydrogen (secondary N) is 2. The van der Waals surface area contributed by atoms with Crippen LogP contribution >= 0.6 is 0 Å². The highest BCUT2D eigenvalue weighted by molar-refractivity contribution is 5.79. The lowest BCUT2D eigenvalue weighted by Gasteiger charge is -2.41. The Balaban J connectivity index is 1.78. The quantitative estimate of drug-likeness (QED) is 0.733. The zero-order chi connectivity index (χ0) is 13.8. The van der Waals surface area contributed by atoms with Crippen molar-refractivity contribution in [2.24, 2.45) is 5.92 Å². The first-order chi connectivity index (χ1) is 9.06. The van der Waals surface area contributed by atoms with E-state index in [0.29, 0.717) is 31.8 Å². The topological polar surface area (TPSA) is 78.5 Å². The number of nitrogens with zero attached hydrogens (tertiary/aromatic N) is 1. The van der Waals surface area contributed by atoms with Crippen molar-refractivity contribution in [3.8, 4) is 0 Å². The predicted molar refractivity (Wildman–Crippen MR) is 69.2 cm³/mol. The van der Waals surface area contributed by atoms with E-state index in [1.165, 1.54) is 6.92 Å². The van der Waals surface area contributed by atoms with Crippen LogP contribution in [0.2, 0.25) is 0 Å². The lowest BCUT2D eigenvalue weighted by molar-refractivity contribution is -0.134. The summed E-state index contributed by atoms with van der Waals surface area (Å²) in [6, 6.07) is 0.237. The van der Waals surface area contributed by atoms with Gasteiger partial charge in [0.15, 0.2) is 0 Å². The number of likely N-dealkylation sites (tertiary alicyclic amines) is 1. The lowest BCUT2D eigenvalue weighted by atomic mass is 9.85. The number of rotatable bonds is 3. The van der Waals surface area contributed by atoms with Crippen LogP contribution < -0.4 is 10.6 Å². The minimum absolute atomic E-state index is 0.0871. The van der Waals surface area contributed by atoms with Crippen molar-refractivity contribution in [3.05, 3.63) is 0 Å². The largest absolute Gasteiger partial charge is 0.356 e. The van der Waals surface area contributed by atoms with E-state index in [4.69, 9.17) is 0 Å². The molecule has 6 heteroatoms. The standard InChI is InChI=1S/C13H21N3O3/c1-9(17)14-6-4-13(19)16-7-5-11-10(8-16)2-3-12(18)15-11/h10-11H,2-8H2,1H3,(H,14,17)(H,15,18). The van der Waals surface area contributed by atoms with Crippen molar-refractivity contribution in [3.63, 3.8) is 0 Å². The summed E-state index contributed by atoms with van der Waals surface area (Å²) >= 11 is 0. The Kier molecular flexibility index (Phi) is 4.39. The van der Waals surface area contributed by atoms with E-state index in [1.807, 2.05) is 4.90 Å². The van der Waals surface area contributed by atoms with Crippen LogP contribution in [0.15, 0.2) is 0 Å². The van der Waals surface area contributed by atoms with Crippen molar-refractivity contribution in [2.75, 3.05) is 19.6 Å². The molecule has 2 N–H and O–H groups in total. The molecule has 2 aliphatic heterocycles. The van der Waals surface area contributed by atoms with Gasteiger partial charge in [-0.3, -0.25) is 14.4 Å². The first-order valence-corrected chi connectivity index (χ1v) is 6.88. The van der Waals surface area contributed by atoms with Gasteiger partial charge in [-0.1, -0.05) is 0 Å². The third-order valence-electron chi connectivity index (χ3n) is 3.89. The average Bonchev–Trinajstić information content (AvgIpc) is 2.37. The van der Waals surface area contributed by atoms with Crippen LogP contribution in [-0.4, -0.2) is 48.3 Å². The van der Waals surface area contributed by atoms with E-state index in [2.05, 4.69) is 10.6 Å². The average molecular weight is 267 g/mol. The van der Waals surface area contributed by atoms with Crippen LogP contribution in [0.5, 0.6) is 0 Å². The van der Waals surface area contributed by atoms with Gasteiger partial charge in [-0.2, -0.15) is 0 Å². The van der Waals surface area contributed by atoms with Crippen LogP contribution in [0.25, 0.3) is 0 Å². The second-order valence-electron chi connectivity index (χ2n) is 5.33. The number of hydrogen-bond donors (Lipinski definition) is 2. The minimum atomic E-state index is -0.110. The van der Waals surface area contributed by atoms with Gasteiger partial charge in [0.1, 0.15) is 0 Å². The van der Waals surface area contributed by atoms with E-state index in [0.717, 1.165) is 19.4 Å². The van der Waals surface area contributed by atoms with E-state index >= 15 is 0 Å². The Morgan fingerprint density at radius 3 is 2.95 bits per heavy atom. The molecule has 2 unspecified atom stereocenters. The molecule has 0 saturated carbocycles. The lowest BCUT2D eigenvalue weighted by Crippen LogP contribution is -2.55. The first kappa shape index (κ1) is 13.8. The molecule has 106 valence electrons. The Labute approximate surface area is 112 Å². The summed E-state index contributed by atoms with van der Waals surface area (Å²) in [6.45, 7) is 3.26. The number of amides is 3. The maximum atomic E-state index is 12.0. The molecular weight excluding hydrogens is 246 g/mol. The fourth-order valence-corrected chi connectivity index (χ4v) is 2.84. The van der Waals surface area contributed by atoms with E-state index in [1.54, 1.807) is 0 Å². The summed E-state index contributed by atoms with van der Waals surface area (Å²) in [4.78, 5) is 35.9. The molecule has 0 aromatic heterocycles. The third-order valence-corrected chi connectivity index (χ3v) is 3.89. The fourth-order valence-electron chi connectivity index (χ4n) is 2.84. The summed E-state index contributed by atoms with van der Waals surface area (Å²) in [7, 11) is 0. The van der Waals surface area contributed by atoms with Crippen LogP contribution in [0.1, 0.15) is 32.6 Å². The second-order valence-corrected chi connectivity index (χ2v) is 5.33. The smallest absolute Gasteiger partial charge is 0.224 e. The Morgan fingerprint density at radius 2 is 2.21 bits per heavy atom. The Hall–Kier alpha value is -1.59. The van der Waals surface area contributed by atoms with Crippen LogP contribution in [0.3, 0.4) is 0 Å². The molecule has 2 aliphatic rings. The Morgan fingerprint density at radius 1 is 1.42 bits per heavy atom. The monoisotopic (exact) mass is 267 g/mol. The van der Waals surface area contributed by atoms with Crippen LogP contribution in [-0.2, 0) is 14.4 Å². The summed E-state index contributed by atoms with van der Waals surface area (Å²) in [5.41, 5.74) is 0. The van der Waals surface area contributed by atoms with E-state index in [9.17, 15) is 14.4 Å². The molecule has 2 atom stereocenters. The molecule has 19 heavy (non-hydrogen) atoms. The summed E-state index contributed by atoms with van der Waals surface area (Å²) in [6.07, 6.45) is 2.62. The Bertz CT molecular complexity index is 383. The molecule has 2 saturated heterocycles. The van der Waals surface area contributed by atoms with Crippen molar-refractivity contribution in [1.82, 2.24) is 15.5 Å². The highest BCUT2D eigenvalue weighted by Crippen LogP contribution is 2.25. The predicted octanol–water partition coefficient (Wildman–Crippen LogP) is -0.360. The number of piperidine rings is 2. The molecule has 3 amide bonds. The summed E-state index contributed by atoms with van der Waals surface area (Å²) in [5.74, 6) is 0.494. The molecule has 0 radical (unpaired) electrons. The van der Waals surface area contributed by atoms with Gasteiger partial charge < -0.3 is 15.5 Å². The molecule has 6 nitrogen and oxygen atoms in total. The van der Waals surface area contributed by atoms with E-state index in [-0.39, 0.29) is 23.8 Å². The van der Waals surface area contributed by atoms with Crippen molar-refractivity contribution < 1.29 is 14.4 Å². The molecule has 2 heterocycles. The van der Waals surface area contributed by atoms with Gasteiger partial charge in [-0.05, 0) is 18.8 Å². The van der Waals surface area contributed by atoms with Gasteiger partial charge in [0, 0.05) is 45.4 Å². The fraction of sp³-hybridized carbons (Fsp3) is 0.769. The number of carbonyl (C=O) groups excluding carboxylic acids is 3. The number of fused-ring (bicyclic) bond motifs is 1. The molecule has 0 aliphatic carbocycles. The van der Waals surface area contributed by atoms with Crippen LogP contribution in [0, 0.1) is 5.92 Å². The SMILES string of the molecule is CC(=O)NCCC(=O)N1CCC2NC(=O)CCC2C1. The molecule has 2 fully saturated rings. The zero-order valence-electron chi connectivity index (χ0n) is 11.3. The number of hydrogen-bond acceptors (Lipinski definition) is 3. The van der Waals surface area contributed by atoms with Gasteiger partial charge in [0.2, 0.25) is 17.7 Å².